The van der Waals surface area contributed by atoms with Crippen molar-refractivity contribution < 1.29 is 18.0 Å². The zero-order chi connectivity index (χ0) is 19.6. The van der Waals surface area contributed by atoms with Crippen molar-refractivity contribution in [2.75, 3.05) is 0 Å². The van der Waals surface area contributed by atoms with Crippen LogP contribution in [0.5, 0.6) is 0 Å². The topological polar surface area (TPSA) is 56.0 Å². The van der Waals surface area contributed by atoms with E-state index < -0.39 is 24.0 Å². The smallest absolute Gasteiger partial charge is 0.352 e. The molecule has 0 saturated heterocycles. The summed E-state index contributed by atoms with van der Waals surface area (Å²) in [6, 6.07) is 6.73. The van der Waals surface area contributed by atoms with E-state index in [0.717, 1.165) is 11.9 Å². The first-order valence-corrected chi connectivity index (χ1v) is 9.35. The maximum Gasteiger partial charge on any atom is 0.391 e. The van der Waals surface area contributed by atoms with Crippen molar-refractivity contribution in [2.45, 2.75) is 64.3 Å². The molecule has 1 saturated carbocycles. The Morgan fingerprint density at radius 2 is 1.85 bits per heavy atom. The van der Waals surface area contributed by atoms with Crippen LogP contribution in [0.2, 0.25) is 0 Å². The lowest BCUT2D eigenvalue weighted by Crippen LogP contribution is -2.43. The van der Waals surface area contributed by atoms with E-state index in [-0.39, 0.29) is 25.1 Å². The average molecular weight is 383 g/mol. The van der Waals surface area contributed by atoms with E-state index in [4.69, 9.17) is 0 Å². The summed E-state index contributed by atoms with van der Waals surface area (Å²) in [5.41, 5.74) is 1.14. The predicted molar refractivity (Wildman–Crippen MR) is 96.4 cm³/mol. The molecule has 5 nitrogen and oxygen atoms in total. The second kappa shape index (κ2) is 7.78. The van der Waals surface area contributed by atoms with Crippen LogP contribution in [0.15, 0.2) is 29.1 Å². The Balaban J connectivity index is 1.75. The van der Waals surface area contributed by atoms with E-state index in [2.05, 4.69) is 5.32 Å². The number of nitrogens with one attached hydrogen (secondary N) is 1. The number of hydrogen-bond acceptors (Lipinski definition) is 2. The molecule has 0 aliphatic heterocycles. The van der Waals surface area contributed by atoms with E-state index in [0.29, 0.717) is 24.9 Å². The van der Waals surface area contributed by atoms with Crippen molar-refractivity contribution in [1.29, 1.82) is 0 Å². The quantitative estimate of drug-likeness (QED) is 0.860. The van der Waals surface area contributed by atoms with Gasteiger partial charge in [-0.2, -0.15) is 13.2 Å². The van der Waals surface area contributed by atoms with Gasteiger partial charge in [0.2, 0.25) is 5.91 Å². The fraction of sp³-hybridized carbons (Fsp3) is 0.579. The van der Waals surface area contributed by atoms with E-state index in [1.54, 1.807) is 16.7 Å². The highest BCUT2D eigenvalue weighted by atomic mass is 19.4. The highest BCUT2D eigenvalue weighted by Gasteiger charge is 2.42. The Kier molecular flexibility index (Phi) is 5.62. The van der Waals surface area contributed by atoms with Gasteiger partial charge in [-0.3, -0.25) is 13.9 Å². The van der Waals surface area contributed by atoms with Crippen molar-refractivity contribution in [3.8, 4) is 0 Å². The van der Waals surface area contributed by atoms with Gasteiger partial charge in [0.25, 0.3) is 0 Å². The minimum atomic E-state index is -4.23. The minimum absolute atomic E-state index is 0.0955. The van der Waals surface area contributed by atoms with Crippen LogP contribution in [0.1, 0.15) is 39.0 Å². The molecular formula is C19H24F3N3O2. The molecular weight excluding hydrogens is 359 g/mol. The van der Waals surface area contributed by atoms with Crippen molar-refractivity contribution in [3.63, 3.8) is 0 Å². The standard InChI is InChI=1S/C19H24F3N3O2/c1-2-10-24-15-8-3-4-9-16(15)25(18(24)27)12-17(26)23-14-7-5-6-13(11-14)19(20,21)22/h3-4,8-9,13-14H,2,5-7,10-12H2,1H3,(H,23,26). The number of aromatic nitrogens is 2. The van der Waals surface area contributed by atoms with Gasteiger partial charge in [-0.05, 0) is 37.8 Å². The van der Waals surface area contributed by atoms with Crippen LogP contribution in [-0.4, -0.2) is 27.3 Å². The van der Waals surface area contributed by atoms with Gasteiger partial charge in [0.1, 0.15) is 6.54 Å². The molecule has 1 amide bonds. The zero-order valence-corrected chi connectivity index (χ0v) is 15.3. The van der Waals surface area contributed by atoms with Crippen molar-refractivity contribution >= 4 is 16.9 Å². The molecule has 0 radical (unpaired) electrons. The van der Waals surface area contributed by atoms with Crippen molar-refractivity contribution in [1.82, 2.24) is 14.5 Å². The van der Waals surface area contributed by atoms with Crippen LogP contribution in [0, 0.1) is 5.92 Å². The lowest BCUT2D eigenvalue weighted by Gasteiger charge is -2.31. The number of carbonyl (C=O) groups is 1. The normalized spacial score (nSPS) is 20.7. The molecule has 1 aromatic heterocycles. The number of halogens is 3. The highest BCUT2D eigenvalue weighted by Crippen LogP contribution is 2.37. The van der Waals surface area contributed by atoms with Gasteiger partial charge in [-0.25, -0.2) is 4.79 Å². The van der Waals surface area contributed by atoms with E-state index in [9.17, 15) is 22.8 Å². The zero-order valence-electron chi connectivity index (χ0n) is 15.3. The lowest BCUT2D eigenvalue weighted by atomic mass is 9.85. The molecule has 0 spiro atoms. The van der Waals surface area contributed by atoms with Gasteiger partial charge in [0.15, 0.2) is 0 Å². The molecule has 2 atom stereocenters. The largest absolute Gasteiger partial charge is 0.391 e. The number of para-hydroxylation sites is 2. The Labute approximate surface area is 155 Å². The van der Waals surface area contributed by atoms with E-state index >= 15 is 0 Å². The number of rotatable bonds is 5. The molecule has 1 N–H and O–H groups in total. The first-order chi connectivity index (χ1) is 12.8. The summed E-state index contributed by atoms with van der Waals surface area (Å²) in [6.07, 6.45) is -2.47. The van der Waals surface area contributed by atoms with E-state index in [1.807, 2.05) is 19.1 Å². The number of imidazole rings is 1. The third-order valence-corrected chi connectivity index (χ3v) is 5.18. The fourth-order valence-electron chi connectivity index (χ4n) is 3.90. The van der Waals surface area contributed by atoms with Gasteiger partial charge in [-0.1, -0.05) is 25.5 Å². The Morgan fingerprint density at radius 1 is 1.19 bits per heavy atom. The summed E-state index contributed by atoms with van der Waals surface area (Å²) >= 11 is 0. The number of hydrogen-bond donors (Lipinski definition) is 1. The molecule has 148 valence electrons. The number of amides is 1. The number of alkyl halides is 3. The monoisotopic (exact) mass is 383 g/mol. The van der Waals surface area contributed by atoms with Gasteiger partial charge in [0, 0.05) is 12.6 Å². The molecule has 3 rings (SSSR count). The molecule has 2 aromatic rings. The van der Waals surface area contributed by atoms with Crippen LogP contribution in [0.25, 0.3) is 11.0 Å². The molecule has 1 aliphatic rings. The van der Waals surface area contributed by atoms with Gasteiger partial charge < -0.3 is 5.32 Å². The molecule has 0 bridgehead atoms. The maximum absolute atomic E-state index is 12.9. The summed E-state index contributed by atoms with van der Waals surface area (Å²) in [4.78, 5) is 25.1. The Bertz CT molecular complexity index is 869. The minimum Gasteiger partial charge on any atom is -0.352 e. The van der Waals surface area contributed by atoms with Gasteiger partial charge in [0.05, 0.1) is 17.0 Å². The molecule has 1 aliphatic carbocycles. The van der Waals surface area contributed by atoms with Crippen molar-refractivity contribution in [2.24, 2.45) is 5.92 Å². The summed E-state index contributed by atoms with van der Waals surface area (Å²) in [7, 11) is 0. The lowest BCUT2D eigenvalue weighted by molar-refractivity contribution is -0.184. The Hall–Kier alpha value is -2.25. The van der Waals surface area contributed by atoms with E-state index in [1.165, 1.54) is 4.57 Å². The first-order valence-electron chi connectivity index (χ1n) is 9.35. The second-order valence-corrected chi connectivity index (χ2v) is 7.18. The van der Waals surface area contributed by atoms with Crippen LogP contribution < -0.4 is 11.0 Å². The summed E-state index contributed by atoms with van der Waals surface area (Å²) < 4.78 is 41.8. The number of fused-ring (bicyclic) bond motifs is 1. The molecule has 1 heterocycles. The molecule has 27 heavy (non-hydrogen) atoms. The third-order valence-electron chi connectivity index (χ3n) is 5.18. The van der Waals surface area contributed by atoms with Gasteiger partial charge in [-0.15, -0.1) is 0 Å². The number of benzene rings is 1. The number of nitrogens with zero attached hydrogens (tertiary/aromatic N) is 2. The SMILES string of the molecule is CCCn1c(=O)n(CC(=O)NC2CCCC(C(F)(F)F)C2)c2ccccc21. The van der Waals surface area contributed by atoms with Crippen molar-refractivity contribution in [3.05, 3.63) is 34.7 Å². The molecule has 8 heteroatoms. The molecule has 2 unspecified atom stereocenters. The van der Waals surface area contributed by atoms with Crippen LogP contribution in [0.4, 0.5) is 13.2 Å². The third kappa shape index (κ3) is 4.20. The summed E-state index contributed by atoms with van der Waals surface area (Å²) in [5, 5.41) is 2.69. The Morgan fingerprint density at radius 3 is 2.48 bits per heavy atom. The second-order valence-electron chi connectivity index (χ2n) is 7.18. The van der Waals surface area contributed by atoms with Crippen LogP contribution in [-0.2, 0) is 17.9 Å². The van der Waals surface area contributed by atoms with Crippen LogP contribution >= 0.6 is 0 Å². The molecule has 1 fully saturated rings. The maximum atomic E-state index is 12.9. The summed E-state index contributed by atoms with van der Waals surface area (Å²) in [5.74, 6) is -1.80. The highest BCUT2D eigenvalue weighted by molar-refractivity contribution is 5.81. The average Bonchev–Trinajstić information content (AvgIpc) is 2.87. The first kappa shape index (κ1) is 19.5. The van der Waals surface area contributed by atoms with Crippen LogP contribution in [0.3, 0.4) is 0 Å². The number of carbonyl (C=O) groups excluding carboxylic acids is 1. The number of aryl methyl sites for hydroxylation is 1. The summed E-state index contributed by atoms with van der Waals surface area (Å²) in [6.45, 7) is 2.32. The molecule has 1 aromatic carbocycles. The van der Waals surface area contributed by atoms with Gasteiger partial charge >= 0.3 is 11.9 Å². The fourth-order valence-corrected chi connectivity index (χ4v) is 3.90. The predicted octanol–water partition coefficient (Wildman–Crippen LogP) is 3.45.